The monoisotopic (exact) mass is 121 g/mol. The highest BCUT2D eigenvalue weighted by atomic mass is 14.7. The van der Waals surface area contributed by atoms with Crippen molar-refractivity contribution in [2.45, 2.75) is 12.8 Å². The van der Waals surface area contributed by atoms with E-state index in [1.54, 1.807) is 0 Å². The zero-order chi connectivity index (χ0) is 6.69. The van der Waals surface area contributed by atoms with Crippen molar-refractivity contribution < 1.29 is 0 Å². The standard InChI is InChI=1S/C8H11N/c1-3-7(2)8-5-4-6-9-8/h3-7,9H,1H2,2H3. The van der Waals surface area contributed by atoms with E-state index < -0.39 is 0 Å². The van der Waals surface area contributed by atoms with E-state index in [2.05, 4.69) is 24.6 Å². The Morgan fingerprint density at radius 1 is 1.78 bits per heavy atom. The van der Waals surface area contributed by atoms with Crippen LogP contribution in [0.4, 0.5) is 0 Å². The molecule has 1 N–H and O–H groups in total. The summed E-state index contributed by atoms with van der Waals surface area (Å²) in [4.78, 5) is 3.12. The molecule has 0 fully saturated rings. The van der Waals surface area contributed by atoms with Gasteiger partial charge in [-0.3, -0.25) is 0 Å². The summed E-state index contributed by atoms with van der Waals surface area (Å²) in [6.45, 7) is 5.81. The normalized spacial score (nSPS) is 13.0. The zero-order valence-corrected chi connectivity index (χ0v) is 5.59. The number of hydrogen-bond acceptors (Lipinski definition) is 0. The van der Waals surface area contributed by atoms with E-state index in [1.165, 1.54) is 5.69 Å². The first-order chi connectivity index (χ1) is 4.34. The summed E-state index contributed by atoms with van der Waals surface area (Å²) in [6, 6.07) is 4.06. The molecule has 1 heteroatoms. The quantitative estimate of drug-likeness (QED) is 0.578. The second-order valence-corrected chi connectivity index (χ2v) is 2.15. The van der Waals surface area contributed by atoms with Crippen LogP contribution in [0.5, 0.6) is 0 Å². The highest BCUT2D eigenvalue weighted by Crippen LogP contribution is 2.11. The van der Waals surface area contributed by atoms with Gasteiger partial charge in [-0.25, -0.2) is 0 Å². The van der Waals surface area contributed by atoms with Crippen LogP contribution in [0.1, 0.15) is 18.5 Å². The third-order valence-corrected chi connectivity index (χ3v) is 1.47. The minimum Gasteiger partial charge on any atom is -0.365 e. The highest BCUT2D eigenvalue weighted by Gasteiger charge is 1.97. The van der Waals surface area contributed by atoms with Crippen LogP contribution in [-0.4, -0.2) is 4.98 Å². The molecule has 0 aromatic carbocycles. The van der Waals surface area contributed by atoms with Gasteiger partial charge in [0.2, 0.25) is 0 Å². The van der Waals surface area contributed by atoms with Crippen LogP contribution >= 0.6 is 0 Å². The summed E-state index contributed by atoms with van der Waals surface area (Å²) in [6.07, 6.45) is 3.85. The summed E-state index contributed by atoms with van der Waals surface area (Å²) in [5, 5.41) is 0. The molecule has 9 heavy (non-hydrogen) atoms. The zero-order valence-electron chi connectivity index (χ0n) is 5.59. The lowest BCUT2D eigenvalue weighted by Crippen LogP contribution is -1.86. The molecule has 0 aliphatic rings. The van der Waals surface area contributed by atoms with Crippen molar-refractivity contribution >= 4 is 0 Å². The Morgan fingerprint density at radius 3 is 3.00 bits per heavy atom. The molecule has 1 unspecified atom stereocenters. The van der Waals surface area contributed by atoms with Crippen molar-refractivity contribution in [2.24, 2.45) is 0 Å². The van der Waals surface area contributed by atoms with Gasteiger partial charge in [0.15, 0.2) is 0 Å². The Morgan fingerprint density at radius 2 is 2.56 bits per heavy atom. The Bertz CT molecular complexity index is 174. The molecule has 1 aromatic heterocycles. The van der Waals surface area contributed by atoms with Gasteiger partial charge in [0.1, 0.15) is 0 Å². The third kappa shape index (κ3) is 1.22. The molecule has 1 heterocycles. The molecular weight excluding hydrogens is 110 g/mol. The number of nitrogens with one attached hydrogen (secondary N) is 1. The van der Waals surface area contributed by atoms with Gasteiger partial charge in [-0.05, 0) is 12.1 Å². The first-order valence-electron chi connectivity index (χ1n) is 3.10. The van der Waals surface area contributed by atoms with Gasteiger partial charge in [-0.15, -0.1) is 6.58 Å². The van der Waals surface area contributed by atoms with E-state index in [1.807, 2.05) is 18.3 Å². The van der Waals surface area contributed by atoms with Crippen molar-refractivity contribution in [3.05, 3.63) is 36.7 Å². The Labute approximate surface area is 55.4 Å². The summed E-state index contributed by atoms with van der Waals surface area (Å²) >= 11 is 0. The summed E-state index contributed by atoms with van der Waals surface area (Å²) in [5.74, 6) is 0.444. The maximum atomic E-state index is 3.70. The molecule has 1 nitrogen and oxygen atoms in total. The van der Waals surface area contributed by atoms with Gasteiger partial charge in [0, 0.05) is 17.8 Å². The van der Waals surface area contributed by atoms with Crippen molar-refractivity contribution in [3.63, 3.8) is 0 Å². The smallest absolute Gasteiger partial charge is 0.0214 e. The predicted molar refractivity (Wildman–Crippen MR) is 39.4 cm³/mol. The molecule has 0 saturated heterocycles. The largest absolute Gasteiger partial charge is 0.365 e. The predicted octanol–water partition coefficient (Wildman–Crippen LogP) is 2.30. The number of rotatable bonds is 2. The fourth-order valence-electron chi connectivity index (χ4n) is 0.754. The summed E-state index contributed by atoms with van der Waals surface area (Å²) in [5.41, 5.74) is 1.23. The lowest BCUT2D eigenvalue weighted by molar-refractivity contribution is 0.925. The second kappa shape index (κ2) is 2.53. The molecule has 1 rings (SSSR count). The lowest BCUT2D eigenvalue weighted by atomic mass is 10.1. The van der Waals surface area contributed by atoms with Crippen molar-refractivity contribution in [3.8, 4) is 0 Å². The Kier molecular flexibility index (Phi) is 1.73. The molecule has 48 valence electrons. The van der Waals surface area contributed by atoms with Crippen molar-refractivity contribution in [1.82, 2.24) is 4.98 Å². The summed E-state index contributed by atoms with van der Waals surface area (Å²) < 4.78 is 0. The topological polar surface area (TPSA) is 15.8 Å². The van der Waals surface area contributed by atoms with Gasteiger partial charge < -0.3 is 4.98 Å². The van der Waals surface area contributed by atoms with Crippen LogP contribution < -0.4 is 0 Å². The first kappa shape index (κ1) is 6.14. The van der Waals surface area contributed by atoms with Gasteiger partial charge in [-0.2, -0.15) is 0 Å². The maximum Gasteiger partial charge on any atom is 0.0214 e. The fourth-order valence-corrected chi connectivity index (χ4v) is 0.754. The number of hydrogen-bond donors (Lipinski definition) is 1. The molecule has 0 aliphatic heterocycles. The first-order valence-corrected chi connectivity index (χ1v) is 3.10. The van der Waals surface area contributed by atoms with E-state index in [0.29, 0.717) is 5.92 Å². The average Bonchev–Trinajstić information content (AvgIpc) is 2.37. The maximum absolute atomic E-state index is 3.70. The third-order valence-electron chi connectivity index (χ3n) is 1.47. The van der Waals surface area contributed by atoms with Crippen LogP contribution in [0.3, 0.4) is 0 Å². The van der Waals surface area contributed by atoms with E-state index >= 15 is 0 Å². The average molecular weight is 121 g/mol. The molecule has 0 spiro atoms. The Hall–Kier alpha value is -0.980. The molecular formula is C8H11N. The molecule has 0 radical (unpaired) electrons. The molecule has 1 atom stereocenters. The fraction of sp³-hybridized carbons (Fsp3) is 0.250. The minimum atomic E-state index is 0.444. The van der Waals surface area contributed by atoms with Crippen LogP contribution in [0.15, 0.2) is 31.0 Å². The van der Waals surface area contributed by atoms with Crippen molar-refractivity contribution in [2.75, 3.05) is 0 Å². The van der Waals surface area contributed by atoms with Crippen LogP contribution in [0.25, 0.3) is 0 Å². The minimum absolute atomic E-state index is 0.444. The van der Waals surface area contributed by atoms with Crippen molar-refractivity contribution in [1.29, 1.82) is 0 Å². The van der Waals surface area contributed by atoms with Gasteiger partial charge in [0.05, 0.1) is 0 Å². The van der Waals surface area contributed by atoms with E-state index in [-0.39, 0.29) is 0 Å². The van der Waals surface area contributed by atoms with Crippen LogP contribution in [-0.2, 0) is 0 Å². The second-order valence-electron chi connectivity index (χ2n) is 2.15. The molecule has 0 amide bonds. The molecule has 1 aromatic rings. The van der Waals surface area contributed by atoms with Crippen LogP contribution in [0, 0.1) is 0 Å². The molecule has 0 saturated carbocycles. The number of H-pyrrole nitrogens is 1. The van der Waals surface area contributed by atoms with Crippen LogP contribution in [0.2, 0.25) is 0 Å². The molecule has 0 bridgehead atoms. The lowest BCUT2D eigenvalue weighted by Gasteiger charge is -1.99. The van der Waals surface area contributed by atoms with Gasteiger partial charge in [-0.1, -0.05) is 13.0 Å². The van der Waals surface area contributed by atoms with Gasteiger partial charge in [0.25, 0.3) is 0 Å². The SMILES string of the molecule is C=CC(C)c1ccc[nH]1. The number of aromatic amines is 1. The molecule has 0 aliphatic carbocycles. The highest BCUT2D eigenvalue weighted by molar-refractivity contribution is 5.13. The number of aromatic nitrogens is 1. The van der Waals surface area contributed by atoms with E-state index in [9.17, 15) is 0 Å². The van der Waals surface area contributed by atoms with E-state index in [0.717, 1.165) is 0 Å². The number of allylic oxidation sites excluding steroid dienone is 1. The Balaban J connectivity index is 2.76. The van der Waals surface area contributed by atoms with E-state index in [4.69, 9.17) is 0 Å². The summed E-state index contributed by atoms with van der Waals surface area (Å²) in [7, 11) is 0. The van der Waals surface area contributed by atoms with Gasteiger partial charge >= 0.3 is 0 Å².